The van der Waals surface area contributed by atoms with Crippen molar-refractivity contribution in [2.75, 3.05) is 12.8 Å². The van der Waals surface area contributed by atoms with Crippen LogP contribution < -0.4 is 10.5 Å². The highest BCUT2D eigenvalue weighted by Gasteiger charge is 2.18. The first kappa shape index (κ1) is 15.4. The van der Waals surface area contributed by atoms with E-state index in [1.54, 1.807) is 11.8 Å². The molecule has 1 heterocycles. The van der Waals surface area contributed by atoms with Gasteiger partial charge in [-0.15, -0.1) is 0 Å². The average Bonchev–Trinajstić information content (AvgIpc) is 2.74. The van der Waals surface area contributed by atoms with Crippen LogP contribution in [0.5, 0.6) is 5.75 Å². The summed E-state index contributed by atoms with van der Waals surface area (Å²) in [6.45, 7) is 6.48. The molecule has 0 aliphatic rings. The van der Waals surface area contributed by atoms with Gasteiger partial charge in [-0.25, -0.2) is 0 Å². The zero-order chi connectivity index (χ0) is 15.6. The fourth-order valence-electron chi connectivity index (χ4n) is 2.50. The number of aryl methyl sites for hydroxylation is 2. The number of nitrogen functional groups attached to an aromatic ring is 1. The van der Waals surface area contributed by atoms with Crippen LogP contribution >= 0.6 is 0 Å². The van der Waals surface area contributed by atoms with Crippen LogP contribution in [0.25, 0.3) is 11.1 Å². The van der Waals surface area contributed by atoms with Gasteiger partial charge in [-0.05, 0) is 36.5 Å². The number of ether oxygens (including phenoxy) is 1. The summed E-state index contributed by atoms with van der Waals surface area (Å²) in [6, 6.07) is 6.20. The van der Waals surface area contributed by atoms with Gasteiger partial charge in [0.15, 0.2) is 0 Å². The number of benzene rings is 1. The Bertz CT molecular complexity index is 631. The maximum atomic E-state index is 6.24. The van der Waals surface area contributed by atoms with Gasteiger partial charge in [0, 0.05) is 12.6 Å². The van der Waals surface area contributed by atoms with Gasteiger partial charge in [0.25, 0.3) is 0 Å². The predicted octanol–water partition coefficient (Wildman–Crippen LogP) is 3.57. The lowest BCUT2D eigenvalue weighted by Gasteiger charge is -2.11. The van der Waals surface area contributed by atoms with Crippen molar-refractivity contribution in [1.29, 1.82) is 0 Å². The molecule has 1 aromatic heterocycles. The molecule has 2 rings (SSSR count). The molecule has 0 fully saturated rings. The maximum absolute atomic E-state index is 6.24. The summed E-state index contributed by atoms with van der Waals surface area (Å²) in [7, 11) is 3.59. The van der Waals surface area contributed by atoms with Crippen molar-refractivity contribution >= 4 is 5.82 Å². The summed E-state index contributed by atoms with van der Waals surface area (Å²) >= 11 is 0. The topological polar surface area (TPSA) is 53.1 Å². The van der Waals surface area contributed by atoms with Crippen LogP contribution in [0.2, 0.25) is 0 Å². The Morgan fingerprint density at radius 2 is 2.10 bits per heavy atom. The van der Waals surface area contributed by atoms with Crippen LogP contribution in [0.3, 0.4) is 0 Å². The summed E-state index contributed by atoms with van der Waals surface area (Å²) < 4.78 is 7.19. The summed E-state index contributed by atoms with van der Waals surface area (Å²) in [5.74, 6) is 2.18. The first-order valence-corrected chi connectivity index (χ1v) is 7.44. The Balaban J connectivity index is 2.52. The number of aromatic nitrogens is 2. The Hall–Kier alpha value is -1.97. The van der Waals surface area contributed by atoms with Crippen molar-refractivity contribution in [2.45, 2.75) is 33.6 Å². The molecule has 21 heavy (non-hydrogen) atoms. The number of hydrogen-bond acceptors (Lipinski definition) is 3. The van der Waals surface area contributed by atoms with Crippen molar-refractivity contribution in [1.82, 2.24) is 9.78 Å². The van der Waals surface area contributed by atoms with E-state index in [1.807, 2.05) is 20.0 Å². The second-order valence-corrected chi connectivity index (χ2v) is 5.73. The minimum absolute atomic E-state index is 0.588. The molecule has 2 aromatic rings. The maximum Gasteiger partial charge on any atom is 0.129 e. The van der Waals surface area contributed by atoms with Gasteiger partial charge >= 0.3 is 0 Å². The standard InChI is InChI=1S/C17H25N3O/c1-6-11(2)9-14-16(17(18)20(4)19-14)13-8-7-12(3)15(10-13)21-5/h7-8,10-11H,6,9,18H2,1-5H3. The normalized spacial score (nSPS) is 12.4. The summed E-state index contributed by atoms with van der Waals surface area (Å²) in [5, 5.41) is 4.60. The quantitative estimate of drug-likeness (QED) is 0.914. The molecule has 0 amide bonds. The second-order valence-electron chi connectivity index (χ2n) is 5.73. The molecule has 0 aliphatic heterocycles. The lowest BCUT2D eigenvalue weighted by atomic mass is 9.96. The van der Waals surface area contributed by atoms with E-state index in [2.05, 4.69) is 31.1 Å². The van der Waals surface area contributed by atoms with E-state index in [4.69, 9.17) is 10.5 Å². The van der Waals surface area contributed by atoms with Gasteiger partial charge in [0.1, 0.15) is 11.6 Å². The van der Waals surface area contributed by atoms with E-state index in [0.29, 0.717) is 11.7 Å². The van der Waals surface area contributed by atoms with Crippen LogP contribution in [0.15, 0.2) is 18.2 Å². The lowest BCUT2D eigenvalue weighted by Crippen LogP contribution is -2.01. The van der Waals surface area contributed by atoms with E-state index < -0.39 is 0 Å². The zero-order valence-corrected chi connectivity index (χ0v) is 13.6. The van der Waals surface area contributed by atoms with Crippen LogP contribution in [0, 0.1) is 12.8 Å². The molecular weight excluding hydrogens is 262 g/mol. The van der Waals surface area contributed by atoms with Gasteiger partial charge in [-0.2, -0.15) is 5.10 Å². The van der Waals surface area contributed by atoms with E-state index in [9.17, 15) is 0 Å². The van der Waals surface area contributed by atoms with Crippen molar-refractivity contribution < 1.29 is 4.74 Å². The third kappa shape index (κ3) is 3.04. The molecule has 1 unspecified atom stereocenters. The molecule has 1 atom stereocenters. The molecule has 4 heteroatoms. The third-order valence-electron chi connectivity index (χ3n) is 4.10. The van der Waals surface area contributed by atoms with Crippen LogP contribution in [0.1, 0.15) is 31.5 Å². The molecule has 0 saturated carbocycles. The molecular formula is C17H25N3O. The Morgan fingerprint density at radius 1 is 1.38 bits per heavy atom. The SMILES string of the molecule is CCC(C)Cc1nn(C)c(N)c1-c1ccc(C)c(OC)c1. The van der Waals surface area contributed by atoms with E-state index >= 15 is 0 Å². The Labute approximate surface area is 126 Å². The van der Waals surface area contributed by atoms with Gasteiger partial charge in [0.05, 0.1) is 12.8 Å². The van der Waals surface area contributed by atoms with Gasteiger partial charge in [-0.3, -0.25) is 4.68 Å². The lowest BCUT2D eigenvalue weighted by molar-refractivity contribution is 0.412. The second kappa shape index (κ2) is 6.20. The van der Waals surface area contributed by atoms with Crippen LogP contribution in [-0.2, 0) is 13.5 Å². The number of nitrogens with zero attached hydrogens (tertiary/aromatic N) is 2. The minimum Gasteiger partial charge on any atom is -0.496 e. The van der Waals surface area contributed by atoms with Crippen molar-refractivity contribution in [3.8, 4) is 16.9 Å². The summed E-state index contributed by atoms with van der Waals surface area (Å²) in [6.07, 6.45) is 2.07. The smallest absolute Gasteiger partial charge is 0.129 e. The summed E-state index contributed by atoms with van der Waals surface area (Å²) in [5.41, 5.74) is 10.5. The van der Waals surface area contributed by atoms with Crippen molar-refractivity contribution in [3.63, 3.8) is 0 Å². The van der Waals surface area contributed by atoms with Gasteiger partial charge < -0.3 is 10.5 Å². The summed E-state index contributed by atoms with van der Waals surface area (Å²) in [4.78, 5) is 0. The van der Waals surface area contributed by atoms with Gasteiger partial charge in [-0.1, -0.05) is 32.4 Å². The van der Waals surface area contributed by atoms with E-state index in [1.165, 1.54) is 0 Å². The highest BCUT2D eigenvalue weighted by molar-refractivity contribution is 5.78. The van der Waals surface area contributed by atoms with Gasteiger partial charge in [0.2, 0.25) is 0 Å². The number of rotatable bonds is 5. The largest absolute Gasteiger partial charge is 0.496 e. The fourth-order valence-corrected chi connectivity index (χ4v) is 2.50. The number of methoxy groups -OCH3 is 1. The average molecular weight is 287 g/mol. The highest BCUT2D eigenvalue weighted by atomic mass is 16.5. The monoisotopic (exact) mass is 287 g/mol. The van der Waals surface area contributed by atoms with Crippen LogP contribution in [0.4, 0.5) is 5.82 Å². The number of anilines is 1. The molecule has 0 saturated heterocycles. The molecule has 0 aliphatic carbocycles. The van der Waals surface area contributed by atoms with Crippen molar-refractivity contribution in [2.24, 2.45) is 13.0 Å². The first-order valence-electron chi connectivity index (χ1n) is 7.44. The zero-order valence-electron chi connectivity index (χ0n) is 13.6. The molecule has 2 N–H and O–H groups in total. The molecule has 4 nitrogen and oxygen atoms in total. The van der Waals surface area contributed by atoms with E-state index in [0.717, 1.165) is 41.0 Å². The minimum atomic E-state index is 0.588. The Kier molecular flexibility index (Phi) is 4.56. The molecule has 0 bridgehead atoms. The number of nitrogens with two attached hydrogens (primary N) is 1. The highest BCUT2D eigenvalue weighted by Crippen LogP contribution is 2.34. The molecule has 0 radical (unpaired) electrons. The van der Waals surface area contributed by atoms with Crippen molar-refractivity contribution in [3.05, 3.63) is 29.5 Å². The number of hydrogen-bond donors (Lipinski definition) is 1. The molecule has 114 valence electrons. The predicted molar refractivity (Wildman–Crippen MR) is 87.5 cm³/mol. The first-order chi connectivity index (χ1) is 9.97. The molecule has 0 spiro atoms. The fraction of sp³-hybridized carbons (Fsp3) is 0.471. The Morgan fingerprint density at radius 3 is 2.71 bits per heavy atom. The van der Waals surface area contributed by atoms with E-state index in [-0.39, 0.29) is 0 Å². The van der Waals surface area contributed by atoms with Crippen LogP contribution in [-0.4, -0.2) is 16.9 Å². The molecule has 1 aromatic carbocycles. The third-order valence-corrected chi connectivity index (χ3v) is 4.10.